The van der Waals surface area contributed by atoms with Crippen LogP contribution in [0.2, 0.25) is 5.02 Å². The van der Waals surface area contributed by atoms with Crippen molar-refractivity contribution in [2.45, 2.75) is 30.6 Å². The summed E-state index contributed by atoms with van der Waals surface area (Å²) in [6.45, 7) is 0.896. The van der Waals surface area contributed by atoms with Gasteiger partial charge in [0.25, 0.3) is 16.5 Å². The molecular formula is C25H25ClN2O4S. The predicted octanol–water partition coefficient (Wildman–Crippen LogP) is 5.70. The number of allylic oxidation sites excluding steroid dienone is 1. The lowest BCUT2D eigenvalue weighted by Crippen LogP contribution is -2.12. The Hall–Kier alpha value is -3.16. The topological polar surface area (TPSA) is 85.4 Å². The number of sulfonamides is 1. The smallest absolute Gasteiger partial charge is 0.293 e. The molecule has 172 valence electrons. The zero-order valence-electron chi connectivity index (χ0n) is 18.0. The average molecular weight is 485 g/mol. The fourth-order valence-corrected chi connectivity index (χ4v) is 4.48. The van der Waals surface area contributed by atoms with E-state index in [2.05, 4.69) is 15.8 Å². The molecular weight excluding hydrogens is 460 g/mol. The van der Waals surface area contributed by atoms with Gasteiger partial charge in [-0.05, 0) is 79.3 Å². The van der Waals surface area contributed by atoms with Crippen molar-refractivity contribution in [1.82, 2.24) is 4.98 Å². The van der Waals surface area contributed by atoms with E-state index in [1.54, 1.807) is 30.6 Å². The van der Waals surface area contributed by atoms with Crippen LogP contribution < -0.4 is 4.72 Å². The summed E-state index contributed by atoms with van der Waals surface area (Å²) in [6, 6.07) is 17.1. The van der Waals surface area contributed by atoms with Crippen LogP contribution in [-0.2, 0) is 19.6 Å². The number of carbonyl (C=O) groups is 1. The minimum absolute atomic E-state index is 0.138. The van der Waals surface area contributed by atoms with Crippen LogP contribution in [0.25, 0.3) is 5.57 Å². The van der Waals surface area contributed by atoms with E-state index in [1.165, 1.54) is 12.1 Å². The van der Waals surface area contributed by atoms with Crippen molar-refractivity contribution >= 4 is 39.4 Å². The van der Waals surface area contributed by atoms with Gasteiger partial charge in [0.05, 0.1) is 11.5 Å². The van der Waals surface area contributed by atoms with Gasteiger partial charge in [0.1, 0.15) is 0 Å². The summed E-state index contributed by atoms with van der Waals surface area (Å²) >= 11 is 5.87. The number of aromatic nitrogens is 1. The van der Waals surface area contributed by atoms with E-state index < -0.39 is 10.0 Å². The highest BCUT2D eigenvalue weighted by Crippen LogP contribution is 2.27. The zero-order valence-corrected chi connectivity index (χ0v) is 19.6. The summed E-state index contributed by atoms with van der Waals surface area (Å²) in [6.07, 6.45) is 9.15. The quantitative estimate of drug-likeness (QED) is 0.263. The Balaban J connectivity index is 1.80. The summed E-state index contributed by atoms with van der Waals surface area (Å²) in [5.41, 5.74) is 3.26. The number of carbonyl (C=O) groups excluding carboxylic acids is 1. The summed E-state index contributed by atoms with van der Waals surface area (Å²) in [4.78, 5) is 14.6. The molecule has 1 heterocycles. The largest absolute Gasteiger partial charge is 0.468 e. The van der Waals surface area contributed by atoms with Crippen molar-refractivity contribution in [3.8, 4) is 0 Å². The first-order valence-corrected chi connectivity index (χ1v) is 12.4. The monoisotopic (exact) mass is 484 g/mol. The van der Waals surface area contributed by atoms with Crippen molar-refractivity contribution in [2.75, 3.05) is 11.3 Å². The lowest BCUT2D eigenvalue weighted by atomic mass is 9.97. The van der Waals surface area contributed by atoms with Crippen molar-refractivity contribution in [1.29, 1.82) is 0 Å². The highest BCUT2D eigenvalue weighted by atomic mass is 35.5. The van der Waals surface area contributed by atoms with Crippen LogP contribution in [0.5, 0.6) is 0 Å². The van der Waals surface area contributed by atoms with Gasteiger partial charge in [-0.25, -0.2) is 8.42 Å². The van der Waals surface area contributed by atoms with Crippen molar-refractivity contribution < 1.29 is 17.9 Å². The number of nitrogens with zero attached hydrogens (tertiary/aromatic N) is 1. The van der Waals surface area contributed by atoms with Gasteiger partial charge in [-0.3, -0.25) is 14.5 Å². The number of halogens is 1. The minimum Gasteiger partial charge on any atom is -0.468 e. The molecule has 6 nitrogen and oxygen atoms in total. The normalized spacial score (nSPS) is 11.7. The van der Waals surface area contributed by atoms with E-state index in [4.69, 9.17) is 16.3 Å². The van der Waals surface area contributed by atoms with Crippen LogP contribution in [0.4, 0.5) is 5.69 Å². The molecule has 0 aliphatic rings. The van der Waals surface area contributed by atoms with Gasteiger partial charge in [0.15, 0.2) is 0 Å². The molecule has 0 spiro atoms. The Bertz CT molecular complexity index is 1180. The molecule has 3 rings (SSSR count). The second-order valence-electron chi connectivity index (χ2n) is 7.32. The molecule has 0 atom stereocenters. The van der Waals surface area contributed by atoms with Crippen molar-refractivity contribution in [2.24, 2.45) is 0 Å². The lowest BCUT2D eigenvalue weighted by molar-refractivity contribution is -0.128. The first-order valence-electron chi connectivity index (χ1n) is 10.5. The Labute approximate surface area is 199 Å². The highest BCUT2D eigenvalue weighted by Gasteiger charge is 2.15. The van der Waals surface area contributed by atoms with Gasteiger partial charge in [0.2, 0.25) is 0 Å². The van der Waals surface area contributed by atoms with Gasteiger partial charge in [-0.2, -0.15) is 0 Å². The lowest BCUT2D eigenvalue weighted by Gasteiger charge is -2.12. The third kappa shape index (κ3) is 7.44. The number of benzene rings is 2. The fourth-order valence-electron chi connectivity index (χ4n) is 3.30. The van der Waals surface area contributed by atoms with Crippen LogP contribution in [0, 0.1) is 0 Å². The molecule has 33 heavy (non-hydrogen) atoms. The number of pyridine rings is 1. The Morgan fingerprint density at radius 1 is 1.00 bits per heavy atom. The Morgan fingerprint density at radius 3 is 2.52 bits per heavy atom. The van der Waals surface area contributed by atoms with Crippen molar-refractivity contribution in [3.63, 3.8) is 0 Å². The van der Waals surface area contributed by atoms with Crippen LogP contribution in [0.1, 0.15) is 36.8 Å². The van der Waals surface area contributed by atoms with Gasteiger partial charge >= 0.3 is 0 Å². The van der Waals surface area contributed by atoms with Crippen LogP contribution in [-0.4, -0.2) is 26.5 Å². The van der Waals surface area contributed by atoms with Gasteiger partial charge in [0, 0.05) is 28.7 Å². The maximum Gasteiger partial charge on any atom is 0.293 e. The number of unbranched alkanes of at least 4 members (excludes halogenated alkanes) is 3. The molecule has 0 unspecified atom stereocenters. The molecule has 0 aliphatic carbocycles. The molecule has 0 saturated carbocycles. The summed E-state index contributed by atoms with van der Waals surface area (Å²) in [5.74, 6) is 0. The second kappa shape index (κ2) is 12.2. The number of hydrogen-bond donors (Lipinski definition) is 1. The molecule has 3 aromatic rings. The summed E-state index contributed by atoms with van der Waals surface area (Å²) < 4.78 is 32.9. The summed E-state index contributed by atoms with van der Waals surface area (Å²) in [7, 11) is -3.75. The Morgan fingerprint density at radius 2 is 1.79 bits per heavy atom. The SMILES string of the molecule is O=COCCCCC/C=C(\c1cccnc1)c1cccc(NS(=O)(=O)c2ccc(Cl)cc2)c1. The van der Waals surface area contributed by atoms with Crippen LogP contribution in [0.15, 0.2) is 84.0 Å². The molecule has 0 fully saturated rings. The number of rotatable bonds is 12. The molecule has 0 radical (unpaired) electrons. The van der Waals surface area contributed by atoms with E-state index >= 15 is 0 Å². The fraction of sp³-hybridized carbons (Fsp3) is 0.200. The van der Waals surface area contributed by atoms with E-state index in [0.29, 0.717) is 23.8 Å². The number of hydrogen-bond acceptors (Lipinski definition) is 5. The third-order valence-corrected chi connectivity index (χ3v) is 6.55. The molecule has 2 aromatic carbocycles. The average Bonchev–Trinajstić information content (AvgIpc) is 2.81. The first kappa shape index (κ1) is 24.5. The van der Waals surface area contributed by atoms with Gasteiger partial charge in [-0.1, -0.05) is 35.9 Å². The van der Waals surface area contributed by atoms with Gasteiger partial charge in [-0.15, -0.1) is 0 Å². The van der Waals surface area contributed by atoms with E-state index in [9.17, 15) is 13.2 Å². The van der Waals surface area contributed by atoms with Gasteiger partial charge < -0.3 is 4.74 Å². The van der Waals surface area contributed by atoms with E-state index in [1.807, 2.05) is 30.3 Å². The molecule has 0 saturated heterocycles. The standard InChI is InChI=1S/C25H25ClN2O4S/c26-22-11-13-24(14-12-22)33(30,31)28-23-9-5-7-20(17-23)25(21-8-6-15-27-18-21)10-3-1-2-4-16-32-19-29/h5-15,17-19,28H,1-4,16H2/b25-10-. The minimum atomic E-state index is -3.75. The molecule has 1 aromatic heterocycles. The van der Waals surface area contributed by atoms with Crippen LogP contribution >= 0.6 is 11.6 Å². The Kier molecular flexibility index (Phi) is 9.04. The number of ether oxygens (including phenoxy) is 1. The zero-order chi connectivity index (χ0) is 23.5. The van der Waals surface area contributed by atoms with E-state index in [-0.39, 0.29) is 4.90 Å². The predicted molar refractivity (Wildman–Crippen MR) is 131 cm³/mol. The molecule has 1 N–H and O–H groups in total. The maximum absolute atomic E-state index is 12.8. The third-order valence-electron chi connectivity index (χ3n) is 4.91. The second-order valence-corrected chi connectivity index (χ2v) is 9.43. The molecule has 0 aliphatic heterocycles. The molecule has 0 amide bonds. The number of anilines is 1. The van der Waals surface area contributed by atoms with Crippen LogP contribution in [0.3, 0.4) is 0 Å². The molecule has 8 heteroatoms. The number of nitrogens with one attached hydrogen (secondary N) is 1. The van der Waals surface area contributed by atoms with Crippen molar-refractivity contribution in [3.05, 3.63) is 95.3 Å². The summed E-state index contributed by atoms with van der Waals surface area (Å²) in [5, 5.41) is 0.471. The maximum atomic E-state index is 12.8. The highest BCUT2D eigenvalue weighted by molar-refractivity contribution is 7.92. The molecule has 0 bridgehead atoms. The van der Waals surface area contributed by atoms with E-state index in [0.717, 1.165) is 42.4 Å². The first-order chi connectivity index (χ1) is 16.0.